The third-order valence-corrected chi connectivity index (χ3v) is 3.61. The number of carbonyl (C=O) groups is 1. The number of nitrogens with one attached hydrogen (secondary N) is 1. The summed E-state index contributed by atoms with van der Waals surface area (Å²) in [5.74, 6) is 0.193. The first-order chi connectivity index (χ1) is 9.15. The minimum absolute atomic E-state index is 0.117. The fourth-order valence-electron chi connectivity index (χ4n) is 1.40. The smallest absolute Gasteiger partial charge is 0.234 e. The number of hydrogen-bond acceptors (Lipinski definition) is 4. The standard InChI is InChI=1S/C13H12ClN3OS/c14-11-7-9(15)1-2-12(11)17-13(18)8-19-10-3-5-16-6-4-10/h1-7H,8,15H2,(H,17,18). The van der Waals surface area contributed by atoms with Crippen LogP contribution in [0.25, 0.3) is 0 Å². The van der Waals surface area contributed by atoms with Crippen LogP contribution in [0.3, 0.4) is 0 Å². The van der Waals surface area contributed by atoms with E-state index in [1.54, 1.807) is 30.6 Å². The second-order valence-corrected chi connectivity index (χ2v) is 5.22. The summed E-state index contributed by atoms with van der Waals surface area (Å²) in [5, 5.41) is 3.18. The number of thioether (sulfide) groups is 1. The van der Waals surface area contributed by atoms with Crippen molar-refractivity contribution in [1.29, 1.82) is 0 Å². The molecule has 1 aromatic carbocycles. The van der Waals surface area contributed by atoms with E-state index in [0.29, 0.717) is 22.2 Å². The Labute approximate surface area is 120 Å². The fourth-order valence-corrected chi connectivity index (χ4v) is 2.32. The van der Waals surface area contributed by atoms with Gasteiger partial charge in [-0.15, -0.1) is 11.8 Å². The highest BCUT2D eigenvalue weighted by molar-refractivity contribution is 8.00. The molecule has 1 aromatic heterocycles. The van der Waals surface area contributed by atoms with E-state index in [0.717, 1.165) is 4.90 Å². The highest BCUT2D eigenvalue weighted by Crippen LogP contribution is 2.24. The molecular weight excluding hydrogens is 282 g/mol. The molecule has 0 aliphatic heterocycles. The molecule has 6 heteroatoms. The van der Waals surface area contributed by atoms with Crippen LogP contribution in [0.5, 0.6) is 0 Å². The topological polar surface area (TPSA) is 68.0 Å². The van der Waals surface area contributed by atoms with Crippen LogP contribution in [0.2, 0.25) is 5.02 Å². The molecule has 0 bridgehead atoms. The van der Waals surface area contributed by atoms with E-state index in [9.17, 15) is 4.79 Å². The van der Waals surface area contributed by atoms with Crippen LogP contribution in [0.15, 0.2) is 47.6 Å². The van der Waals surface area contributed by atoms with Gasteiger partial charge in [0.05, 0.1) is 16.5 Å². The Bertz CT molecular complexity index is 577. The van der Waals surface area contributed by atoms with Crippen molar-refractivity contribution in [2.45, 2.75) is 4.90 Å². The van der Waals surface area contributed by atoms with E-state index in [4.69, 9.17) is 17.3 Å². The van der Waals surface area contributed by atoms with Crippen molar-refractivity contribution in [1.82, 2.24) is 4.98 Å². The molecule has 2 rings (SSSR count). The summed E-state index contributed by atoms with van der Waals surface area (Å²) >= 11 is 7.42. The van der Waals surface area contributed by atoms with Gasteiger partial charge in [0.15, 0.2) is 0 Å². The van der Waals surface area contributed by atoms with Crippen LogP contribution in [0.4, 0.5) is 11.4 Å². The summed E-state index contributed by atoms with van der Waals surface area (Å²) in [6, 6.07) is 8.69. The highest BCUT2D eigenvalue weighted by Gasteiger charge is 2.06. The number of rotatable bonds is 4. The summed E-state index contributed by atoms with van der Waals surface area (Å²) in [5.41, 5.74) is 6.72. The van der Waals surface area contributed by atoms with E-state index in [-0.39, 0.29) is 5.91 Å². The summed E-state index contributed by atoms with van der Waals surface area (Å²) < 4.78 is 0. The molecule has 0 aliphatic rings. The van der Waals surface area contributed by atoms with Gasteiger partial charge >= 0.3 is 0 Å². The number of anilines is 2. The zero-order valence-electron chi connectivity index (χ0n) is 9.97. The maximum Gasteiger partial charge on any atom is 0.234 e. The highest BCUT2D eigenvalue weighted by atomic mass is 35.5. The van der Waals surface area contributed by atoms with Crippen LogP contribution < -0.4 is 11.1 Å². The van der Waals surface area contributed by atoms with Crippen LogP contribution in [0.1, 0.15) is 0 Å². The lowest BCUT2D eigenvalue weighted by atomic mass is 10.3. The molecule has 98 valence electrons. The van der Waals surface area contributed by atoms with Gasteiger partial charge in [-0.3, -0.25) is 9.78 Å². The third-order valence-electron chi connectivity index (χ3n) is 2.29. The zero-order valence-corrected chi connectivity index (χ0v) is 11.5. The normalized spacial score (nSPS) is 10.2. The molecular formula is C13H12ClN3OS. The summed E-state index contributed by atoms with van der Waals surface area (Å²) in [7, 11) is 0. The van der Waals surface area contributed by atoms with Gasteiger partial charge in [-0.05, 0) is 30.3 Å². The van der Waals surface area contributed by atoms with Crippen molar-refractivity contribution in [3.05, 3.63) is 47.7 Å². The molecule has 0 saturated carbocycles. The van der Waals surface area contributed by atoms with Crippen molar-refractivity contribution in [3.63, 3.8) is 0 Å². The Morgan fingerprint density at radius 2 is 2.05 bits per heavy atom. The van der Waals surface area contributed by atoms with Crippen molar-refractivity contribution in [3.8, 4) is 0 Å². The lowest BCUT2D eigenvalue weighted by Crippen LogP contribution is -2.14. The number of nitrogens with zero attached hydrogens (tertiary/aromatic N) is 1. The third kappa shape index (κ3) is 4.15. The Morgan fingerprint density at radius 1 is 1.32 bits per heavy atom. The fraction of sp³-hybridized carbons (Fsp3) is 0.0769. The summed E-state index contributed by atoms with van der Waals surface area (Å²) in [6.07, 6.45) is 3.38. The van der Waals surface area contributed by atoms with E-state index in [1.165, 1.54) is 11.8 Å². The Balaban J connectivity index is 1.91. The predicted octanol–water partition coefficient (Wildman–Crippen LogP) is 3.05. The van der Waals surface area contributed by atoms with E-state index < -0.39 is 0 Å². The average molecular weight is 294 g/mol. The Hall–Kier alpha value is -1.72. The molecule has 19 heavy (non-hydrogen) atoms. The van der Waals surface area contributed by atoms with E-state index in [2.05, 4.69) is 10.3 Å². The van der Waals surface area contributed by atoms with Crippen molar-refractivity contribution in [2.24, 2.45) is 0 Å². The van der Waals surface area contributed by atoms with Gasteiger partial charge in [0.25, 0.3) is 0 Å². The van der Waals surface area contributed by atoms with Gasteiger partial charge in [-0.25, -0.2) is 0 Å². The number of aromatic nitrogens is 1. The molecule has 3 N–H and O–H groups in total. The second kappa shape index (κ2) is 6.45. The Kier molecular flexibility index (Phi) is 4.65. The largest absolute Gasteiger partial charge is 0.399 e. The van der Waals surface area contributed by atoms with Gasteiger partial charge in [0.1, 0.15) is 0 Å². The van der Waals surface area contributed by atoms with Gasteiger partial charge in [-0.2, -0.15) is 0 Å². The molecule has 1 amide bonds. The van der Waals surface area contributed by atoms with Crippen LogP contribution in [-0.2, 0) is 4.79 Å². The molecule has 0 spiro atoms. The molecule has 0 unspecified atom stereocenters. The summed E-state index contributed by atoms with van der Waals surface area (Å²) in [4.78, 5) is 16.7. The van der Waals surface area contributed by atoms with Crippen molar-refractivity contribution in [2.75, 3.05) is 16.8 Å². The molecule has 4 nitrogen and oxygen atoms in total. The number of hydrogen-bond donors (Lipinski definition) is 2. The van der Waals surface area contributed by atoms with Crippen molar-refractivity contribution >= 4 is 40.6 Å². The second-order valence-electron chi connectivity index (χ2n) is 3.76. The summed E-state index contributed by atoms with van der Waals surface area (Å²) in [6.45, 7) is 0. The van der Waals surface area contributed by atoms with Crippen LogP contribution >= 0.6 is 23.4 Å². The lowest BCUT2D eigenvalue weighted by molar-refractivity contribution is -0.113. The number of pyridine rings is 1. The molecule has 0 saturated heterocycles. The van der Waals surface area contributed by atoms with Gasteiger partial charge < -0.3 is 11.1 Å². The average Bonchev–Trinajstić information content (AvgIpc) is 2.41. The number of benzene rings is 1. The van der Waals surface area contributed by atoms with E-state index in [1.807, 2.05) is 12.1 Å². The first-order valence-electron chi connectivity index (χ1n) is 5.53. The van der Waals surface area contributed by atoms with E-state index >= 15 is 0 Å². The molecule has 0 aliphatic carbocycles. The SMILES string of the molecule is Nc1ccc(NC(=O)CSc2ccncc2)c(Cl)c1. The Morgan fingerprint density at radius 3 is 2.74 bits per heavy atom. The first kappa shape index (κ1) is 13.7. The van der Waals surface area contributed by atoms with Crippen LogP contribution in [-0.4, -0.2) is 16.6 Å². The molecule has 0 atom stereocenters. The molecule has 0 radical (unpaired) electrons. The number of carbonyl (C=O) groups excluding carboxylic acids is 1. The minimum atomic E-state index is -0.117. The maximum atomic E-state index is 11.8. The number of nitrogen functional groups attached to an aromatic ring is 1. The first-order valence-corrected chi connectivity index (χ1v) is 6.89. The number of halogens is 1. The quantitative estimate of drug-likeness (QED) is 0.671. The number of amides is 1. The minimum Gasteiger partial charge on any atom is -0.399 e. The monoisotopic (exact) mass is 293 g/mol. The molecule has 2 aromatic rings. The number of nitrogens with two attached hydrogens (primary N) is 1. The van der Waals surface area contributed by atoms with Crippen LogP contribution in [0, 0.1) is 0 Å². The van der Waals surface area contributed by atoms with Gasteiger partial charge in [-0.1, -0.05) is 11.6 Å². The van der Waals surface area contributed by atoms with Gasteiger partial charge in [0, 0.05) is 23.0 Å². The van der Waals surface area contributed by atoms with Gasteiger partial charge in [0.2, 0.25) is 5.91 Å². The predicted molar refractivity (Wildman–Crippen MR) is 79.5 cm³/mol. The zero-order chi connectivity index (χ0) is 13.7. The van der Waals surface area contributed by atoms with Crippen molar-refractivity contribution < 1.29 is 4.79 Å². The lowest BCUT2D eigenvalue weighted by Gasteiger charge is -2.07. The molecule has 1 heterocycles. The molecule has 0 fully saturated rings. The maximum absolute atomic E-state index is 11.8.